The van der Waals surface area contributed by atoms with Crippen LogP contribution in [0, 0.1) is 6.92 Å². The van der Waals surface area contributed by atoms with Gasteiger partial charge in [-0.1, -0.05) is 12.8 Å². The molecule has 2 rings (SSSR count). The van der Waals surface area contributed by atoms with Gasteiger partial charge in [0.2, 0.25) is 5.91 Å². The highest BCUT2D eigenvalue weighted by Crippen LogP contribution is 2.32. The second-order valence-corrected chi connectivity index (χ2v) is 5.34. The number of amides is 1. The maximum absolute atomic E-state index is 11.9. The molecule has 104 valence electrons. The molecular formula is C15H21NO3. The van der Waals surface area contributed by atoms with Crippen LogP contribution < -0.4 is 10.1 Å². The van der Waals surface area contributed by atoms with E-state index in [2.05, 4.69) is 5.32 Å². The molecule has 1 aliphatic rings. The summed E-state index contributed by atoms with van der Waals surface area (Å²) in [5, 5.41) is 13.0. The van der Waals surface area contributed by atoms with E-state index in [0.29, 0.717) is 0 Å². The summed E-state index contributed by atoms with van der Waals surface area (Å²) < 4.78 is 5.18. The molecule has 1 fully saturated rings. The fourth-order valence-electron chi connectivity index (χ4n) is 2.67. The molecule has 1 aromatic rings. The zero-order valence-electron chi connectivity index (χ0n) is 11.5. The van der Waals surface area contributed by atoms with Gasteiger partial charge in [-0.05, 0) is 43.5 Å². The Bertz CT molecular complexity index is 464. The number of aliphatic hydroxyl groups is 1. The van der Waals surface area contributed by atoms with Gasteiger partial charge in [-0.25, -0.2) is 0 Å². The lowest BCUT2D eigenvalue weighted by molar-refractivity contribution is -0.120. The van der Waals surface area contributed by atoms with Gasteiger partial charge in [-0.2, -0.15) is 0 Å². The molecule has 0 radical (unpaired) electrons. The first kappa shape index (κ1) is 13.9. The summed E-state index contributed by atoms with van der Waals surface area (Å²) in [4.78, 5) is 11.9. The third kappa shape index (κ3) is 3.47. The summed E-state index contributed by atoms with van der Waals surface area (Å²) in [5.74, 6) is 0.668. The first-order chi connectivity index (χ1) is 9.02. The number of carbonyl (C=O) groups is 1. The summed E-state index contributed by atoms with van der Waals surface area (Å²) in [6, 6.07) is 5.51. The third-order valence-corrected chi connectivity index (χ3v) is 3.70. The Morgan fingerprint density at radius 1 is 1.42 bits per heavy atom. The van der Waals surface area contributed by atoms with Crippen molar-refractivity contribution in [2.24, 2.45) is 0 Å². The number of methoxy groups -OCH3 is 1. The number of carbonyl (C=O) groups excluding carboxylic acids is 1. The molecule has 0 saturated heterocycles. The molecule has 0 aliphatic heterocycles. The molecule has 0 aromatic heterocycles. The van der Waals surface area contributed by atoms with Gasteiger partial charge in [0.25, 0.3) is 0 Å². The summed E-state index contributed by atoms with van der Waals surface area (Å²) in [6.07, 6.45) is 3.64. The summed E-state index contributed by atoms with van der Waals surface area (Å²) in [7, 11) is 1.62. The molecule has 0 heterocycles. The molecular weight excluding hydrogens is 242 g/mol. The maximum Gasteiger partial charge on any atom is 0.227 e. The van der Waals surface area contributed by atoms with E-state index in [1.165, 1.54) is 0 Å². The quantitative estimate of drug-likeness (QED) is 0.878. The predicted octanol–water partition coefficient (Wildman–Crippen LogP) is 2.64. The molecule has 1 aromatic carbocycles. The Kier molecular flexibility index (Phi) is 4.10. The van der Waals surface area contributed by atoms with Crippen LogP contribution >= 0.6 is 0 Å². The lowest BCUT2D eigenvalue weighted by Crippen LogP contribution is -2.30. The van der Waals surface area contributed by atoms with Crippen LogP contribution in [0.4, 0.5) is 5.69 Å². The topological polar surface area (TPSA) is 58.6 Å². The SMILES string of the molecule is COc1ccc(NC(=O)CC2(O)CCCC2)cc1C. The van der Waals surface area contributed by atoms with Gasteiger partial charge < -0.3 is 15.2 Å². The average Bonchev–Trinajstić information content (AvgIpc) is 2.75. The minimum absolute atomic E-state index is 0.131. The second kappa shape index (κ2) is 5.61. The van der Waals surface area contributed by atoms with Crippen molar-refractivity contribution in [3.8, 4) is 5.75 Å². The van der Waals surface area contributed by atoms with E-state index in [4.69, 9.17) is 4.74 Å². The van der Waals surface area contributed by atoms with E-state index in [-0.39, 0.29) is 12.3 Å². The molecule has 1 saturated carbocycles. The molecule has 1 aliphatic carbocycles. The van der Waals surface area contributed by atoms with E-state index in [1.807, 2.05) is 25.1 Å². The smallest absolute Gasteiger partial charge is 0.227 e. The van der Waals surface area contributed by atoms with E-state index in [0.717, 1.165) is 42.7 Å². The van der Waals surface area contributed by atoms with Gasteiger partial charge in [0.1, 0.15) is 5.75 Å². The number of hydrogen-bond acceptors (Lipinski definition) is 3. The lowest BCUT2D eigenvalue weighted by atomic mass is 9.97. The average molecular weight is 263 g/mol. The Balaban J connectivity index is 1.97. The third-order valence-electron chi connectivity index (χ3n) is 3.70. The van der Waals surface area contributed by atoms with Crippen molar-refractivity contribution in [3.63, 3.8) is 0 Å². The predicted molar refractivity (Wildman–Crippen MR) is 74.4 cm³/mol. The Morgan fingerprint density at radius 2 is 2.11 bits per heavy atom. The lowest BCUT2D eigenvalue weighted by Gasteiger charge is -2.21. The standard InChI is InChI=1S/C15H21NO3/c1-11-9-12(5-6-13(11)19-2)16-14(17)10-15(18)7-3-4-8-15/h5-6,9,18H,3-4,7-8,10H2,1-2H3,(H,16,17). The van der Waals surface area contributed by atoms with Crippen LogP contribution in [-0.4, -0.2) is 23.7 Å². The van der Waals surface area contributed by atoms with Gasteiger partial charge in [0.05, 0.1) is 19.1 Å². The van der Waals surface area contributed by atoms with Crippen molar-refractivity contribution in [1.29, 1.82) is 0 Å². The van der Waals surface area contributed by atoms with Gasteiger partial charge in [-0.15, -0.1) is 0 Å². The minimum Gasteiger partial charge on any atom is -0.496 e. The largest absolute Gasteiger partial charge is 0.496 e. The maximum atomic E-state index is 11.9. The molecule has 0 spiro atoms. The molecule has 19 heavy (non-hydrogen) atoms. The Morgan fingerprint density at radius 3 is 2.68 bits per heavy atom. The first-order valence-corrected chi connectivity index (χ1v) is 6.69. The van der Waals surface area contributed by atoms with Crippen molar-refractivity contribution in [3.05, 3.63) is 23.8 Å². The van der Waals surface area contributed by atoms with E-state index in [1.54, 1.807) is 7.11 Å². The molecule has 4 nitrogen and oxygen atoms in total. The fraction of sp³-hybridized carbons (Fsp3) is 0.533. The number of benzene rings is 1. The van der Waals surface area contributed by atoms with Crippen molar-refractivity contribution in [1.82, 2.24) is 0 Å². The number of anilines is 1. The van der Waals surface area contributed by atoms with E-state index < -0.39 is 5.60 Å². The summed E-state index contributed by atoms with van der Waals surface area (Å²) >= 11 is 0. The number of aryl methyl sites for hydroxylation is 1. The van der Waals surface area contributed by atoms with Gasteiger partial charge in [0.15, 0.2) is 0 Å². The molecule has 4 heteroatoms. The number of hydrogen-bond donors (Lipinski definition) is 2. The molecule has 1 amide bonds. The van der Waals surface area contributed by atoms with Crippen LogP contribution in [0.25, 0.3) is 0 Å². The highest BCUT2D eigenvalue weighted by Gasteiger charge is 2.33. The van der Waals surface area contributed by atoms with Crippen molar-refractivity contribution >= 4 is 11.6 Å². The highest BCUT2D eigenvalue weighted by molar-refractivity contribution is 5.91. The number of rotatable bonds is 4. The summed E-state index contributed by atoms with van der Waals surface area (Å²) in [6.45, 7) is 1.93. The molecule has 0 atom stereocenters. The highest BCUT2D eigenvalue weighted by atomic mass is 16.5. The number of ether oxygens (including phenoxy) is 1. The van der Waals surface area contributed by atoms with Crippen molar-refractivity contribution in [2.75, 3.05) is 12.4 Å². The van der Waals surface area contributed by atoms with Gasteiger partial charge >= 0.3 is 0 Å². The van der Waals surface area contributed by atoms with E-state index in [9.17, 15) is 9.90 Å². The molecule has 0 bridgehead atoms. The first-order valence-electron chi connectivity index (χ1n) is 6.69. The molecule has 0 unspecified atom stereocenters. The van der Waals surface area contributed by atoms with Crippen LogP contribution in [0.15, 0.2) is 18.2 Å². The van der Waals surface area contributed by atoms with Gasteiger partial charge in [0, 0.05) is 5.69 Å². The van der Waals surface area contributed by atoms with E-state index >= 15 is 0 Å². The summed E-state index contributed by atoms with van der Waals surface area (Å²) in [5.41, 5.74) is 0.913. The normalized spacial score (nSPS) is 17.2. The fourth-order valence-corrected chi connectivity index (χ4v) is 2.67. The zero-order valence-corrected chi connectivity index (χ0v) is 11.5. The van der Waals surface area contributed by atoms with Crippen LogP contribution in [-0.2, 0) is 4.79 Å². The molecule has 2 N–H and O–H groups in total. The minimum atomic E-state index is -0.800. The van der Waals surface area contributed by atoms with Crippen LogP contribution in [0.1, 0.15) is 37.7 Å². The Labute approximate surface area is 113 Å². The van der Waals surface area contributed by atoms with Crippen LogP contribution in [0.3, 0.4) is 0 Å². The van der Waals surface area contributed by atoms with Gasteiger partial charge in [-0.3, -0.25) is 4.79 Å². The monoisotopic (exact) mass is 263 g/mol. The van der Waals surface area contributed by atoms with Crippen LogP contribution in [0.2, 0.25) is 0 Å². The van der Waals surface area contributed by atoms with Crippen molar-refractivity contribution in [2.45, 2.75) is 44.6 Å². The number of nitrogens with one attached hydrogen (secondary N) is 1. The second-order valence-electron chi connectivity index (χ2n) is 5.34. The van der Waals surface area contributed by atoms with Crippen LogP contribution in [0.5, 0.6) is 5.75 Å². The Hall–Kier alpha value is -1.55. The van der Waals surface area contributed by atoms with Crippen molar-refractivity contribution < 1.29 is 14.6 Å². The zero-order chi connectivity index (χ0) is 13.9.